The Labute approximate surface area is 88.6 Å². The van der Waals surface area contributed by atoms with Crippen molar-refractivity contribution in [2.45, 2.75) is 19.5 Å². The summed E-state index contributed by atoms with van der Waals surface area (Å²) in [7, 11) is 0. The molecule has 0 bridgehead atoms. The van der Waals surface area contributed by atoms with Gasteiger partial charge in [-0.3, -0.25) is 10.1 Å². The SMILES string of the molecule is Cc1cccc(CN[C@H](CO)C(=O)O)c1. The van der Waals surface area contributed by atoms with Gasteiger partial charge in [-0.2, -0.15) is 0 Å². The minimum atomic E-state index is -1.04. The van der Waals surface area contributed by atoms with Gasteiger partial charge in [0.05, 0.1) is 6.61 Å². The van der Waals surface area contributed by atoms with E-state index in [4.69, 9.17) is 10.2 Å². The second-order valence-corrected chi connectivity index (χ2v) is 3.44. The average Bonchev–Trinajstić information content (AvgIpc) is 2.18. The molecule has 0 aromatic heterocycles. The standard InChI is InChI=1S/C11H15NO3/c1-8-3-2-4-9(5-8)6-12-10(7-13)11(14)15/h2-5,10,12-13H,6-7H2,1H3,(H,14,15)/t10-/m1/s1. The van der Waals surface area contributed by atoms with E-state index in [1.807, 2.05) is 31.2 Å². The molecule has 0 amide bonds. The highest BCUT2D eigenvalue weighted by Crippen LogP contribution is 2.03. The number of carboxylic acids is 1. The van der Waals surface area contributed by atoms with Crippen molar-refractivity contribution in [1.82, 2.24) is 5.32 Å². The summed E-state index contributed by atoms with van der Waals surface area (Å²) < 4.78 is 0. The highest BCUT2D eigenvalue weighted by Gasteiger charge is 2.14. The molecule has 0 saturated carbocycles. The van der Waals surface area contributed by atoms with E-state index in [-0.39, 0.29) is 0 Å². The number of nitrogens with one attached hydrogen (secondary N) is 1. The third-order valence-electron chi connectivity index (χ3n) is 2.12. The van der Waals surface area contributed by atoms with Gasteiger partial charge in [-0.05, 0) is 12.5 Å². The van der Waals surface area contributed by atoms with E-state index in [0.29, 0.717) is 6.54 Å². The van der Waals surface area contributed by atoms with Crippen LogP contribution in [-0.2, 0) is 11.3 Å². The number of benzene rings is 1. The zero-order valence-electron chi connectivity index (χ0n) is 8.60. The third-order valence-corrected chi connectivity index (χ3v) is 2.12. The van der Waals surface area contributed by atoms with Crippen molar-refractivity contribution in [2.75, 3.05) is 6.61 Å². The Bertz CT molecular complexity index is 338. The van der Waals surface area contributed by atoms with E-state index in [1.54, 1.807) is 0 Å². The molecule has 82 valence electrons. The number of aliphatic hydroxyl groups is 1. The Balaban J connectivity index is 2.52. The predicted molar refractivity (Wildman–Crippen MR) is 56.5 cm³/mol. The van der Waals surface area contributed by atoms with Crippen molar-refractivity contribution < 1.29 is 15.0 Å². The fourth-order valence-electron chi connectivity index (χ4n) is 1.29. The molecule has 0 aliphatic heterocycles. The summed E-state index contributed by atoms with van der Waals surface area (Å²) in [5.41, 5.74) is 2.14. The molecule has 15 heavy (non-hydrogen) atoms. The van der Waals surface area contributed by atoms with Crippen molar-refractivity contribution in [3.63, 3.8) is 0 Å². The highest BCUT2D eigenvalue weighted by molar-refractivity contribution is 5.73. The van der Waals surface area contributed by atoms with Gasteiger partial charge in [0.25, 0.3) is 0 Å². The monoisotopic (exact) mass is 209 g/mol. The number of rotatable bonds is 5. The van der Waals surface area contributed by atoms with Crippen LogP contribution in [0.3, 0.4) is 0 Å². The summed E-state index contributed by atoms with van der Waals surface area (Å²) in [5, 5.41) is 20.2. The molecule has 4 heteroatoms. The fraction of sp³-hybridized carbons (Fsp3) is 0.364. The fourth-order valence-corrected chi connectivity index (χ4v) is 1.29. The Morgan fingerprint density at radius 2 is 2.27 bits per heavy atom. The van der Waals surface area contributed by atoms with Crippen LogP contribution in [0.5, 0.6) is 0 Å². The second-order valence-electron chi connectivity index (χ2n) is 3.44. The van der Waals surface area contributed by atoms with Gasteiger partial charge in [-0.15, -0.1) is 0 Å². The first-order chi connectivity index (χ1) is 7.13. The maximum absolute atomic E-state index is 10.6. The molecule has 0 aliphatic rings. The maximum Gasteiger partial charge on any atom is 0.323 e. The molecule has 0 saturated heterocycles. The molecule has 0 heterocycles. The van der Waals surface area contributed by atoms with Crippen LogP contribution in [0.25, 0.3) is 0 Å². The number of aliphatic hydroxyl groups excluding tert-OH is 1. The van der Waals surface area contributed by atoms with Crippen molar-refractivity contribution in [2.24, 2.45) is 0 Å². The lowest BCUT2D eigenvalue weighted by Gasteiger charge is -2.11. The third kappa shape index (κ3) is 3.69. The molecule has 1 aromatic rings. The van der Waals surface area contributed by atoms with Gasteiger partial charge in [0, 0.05) is 6.54 Å². The average molecular weight is 209 g/mol. The molecule has 0 radical (unpaired) electrons. The minimum absolute atomic E-state index is 0.402. The van der Waals surface area contributed by atoms with Gasteiger partial charge in [-0.1, -0.05) is 29.8 Å². The molecule has 0 spiro atoms. The largest absolute Gasteiger partial charge is 0.480 e. The van der Waals surface area contributed by atoms with Crippen LogP contribution in [0.15, 0.2) is 24.3 Å². The van der Waals surface area contributed by atoms with Gasteiger partial charge >= 0.3 is 5.97 Å². The molecular formula is C11H15NO3. The summed E-state index contributed by atoms with van der Waals surface area (Å²) in [6.07, 6.45) is 0. The zero-order valence-corrected chi connectivity index (χ0v) is 8.60. The quantitative estimate of drug-likeness (QED) is 0.661. The number of carbonyl (C=O) groups is 1. The second kappa shape index (κ2) is 5.48. The maximum atomic E-state index is 10.6. The van der Waals surface area contributed by atoms with Crippen molar-refractivity contribution in [1.29, 1.82) is 0 Å². The van der Waals surface area contributed by atoms with E-state index in [0.717, 1.165) is 11.1 Å². The predicted octanol–water partition coefficient (Wildman–Crippen LogP) is 0.530. The van der Waals surface area contributed by atoms with Crippen molar-refractivity contribution in [3.8, 4) is 0 Å². The van der Waals surface area contributed by atoms with Gasteiger partial charge in [0.15, 0.2) is 0 Å². The number of hydrogen-bond donors (Lipinski definition) is 3. The number of aliphatic carboxylic acids is 1. The molecule has 3 N–H and O–H groups in total. The Morgan fingerprint density at radius 3 is 2.80 bits per heavy atom. The molecule has 1 aromatic carbocycles. The summed E-state index contributed by atoms with van der Waals surface area (Å²) in [6.45, 7) is 2.02. The molecule has 0 fully saturated rings. The minimum Gasteiger partial charge on any atom is -0.480 e. The summed E-state index contributed by atoms with van der Waals surface area (Å²) in [6, 6.07) is 6.88. The van der Waals surface area contributed by atoms with Gasteiger partial charge in [-0.25, -0.2) is 0 Å². The topological polar surface area (TPSA) is 69.6 Å². The lowest BCUT2D eigenvalue weighted by atomic mass is 10.1. The van der Waals surface area contributed by atoms with Crippen molar-refractivity contribution >= 4 is 5.97 Å². The van der Waals surface area contributed by atoms with Gasteiger partial charge in [0.2, 0.25) is 0 Å². The van der Waals surface area contributed by atoms with E-state index < -0.39 is 18.6 Å². The van der Waals surface area contributed by atoms with Crippen LogP contribution in [0, 0.1) is 6.92 Å². The van der Waals surface area contributed by atoms with Crippen LogP contribution in [-0.4, -0.2) is 28.8 Å². The highest BCUT2D eigenvalue weighted by atomic mass is 16.4. The number of carboxylic acid groups (broad SMARTS) is 1. The van der Waals surface area contributed by atoms with E-state index in [9.17, 15) is 4.79 Å². The van der Waals surface area contributed by atoms with Crippen molar-refractivity contribution in [3.05, 3.63) is 35.4 Å². The molecule has 1 atom stereocenters. The van der Waals surface area contributed by atoms with E-state index in [2.05, 4.69) is 5.32 Å². The van der Waals surface area contributed by atoms with Crippen LogP contribution in [0.4, 0.5) is 0 Å². The number of hydrogen-bond acceptors (Lipinski definition) is 3. The van der Waals surface area contributed by atoms with E-state index in [1.165, 1.54) is 0 Å². The van der Waals surface area contributed by atoms with Gasteiger partial charge < -0.3 is 10.2 Å². The van der Waals surface area contributed by atoms with E-state index >= 15 is 0 Å². The molecule has 1 rings (SSSR count). The lowest BCUT2D eigenvalue weighted by Crippen LogP contribution is -2.39. The molecule has 0 aliphatic carbocycles. The first-order valence-corrected chi connectivity index (χ1v) is 4.76. The number of aryl methyl sites for hydroxylation is 1. The Hall–Kier alpha value is -1.39. The zero-order chi connectivity index (χ0) is 11.3. The molecule has 4 nitrogen and oxygen atoms in total. The smallest absolute Gasteiger partial charge is 0.323 e. The Kier molecular flexibility index (Phi) is 4.27. The van der Waals surface area contributed by atoms with Gasteiger partial charge in [0.1, 0.15) is 6.04 Å². The molecule has 0 unspecified atom stereocenters. The summed E-state index contributed by atoms with van der Waals surface area (Å²) >= 11 is 0. The normalized spacial score (nSPS) is 12.4. The first kappa shape index (κ1) is 11.7. The van der Waals surface area contributed by atoms with Crippen LogP contribution in [0.1, 0.15) is 11.1 Å². The summed E-state index contributed by atoms with van der Waals surface area (Å²) in [5.74, 6) is -1.04. The first-order valence-electron chi connectivity index (χ1n) is 4.76. The lowest BCUT2D eigenvalue weighted by molar-refractivity contribution is -0.140. The van der Waals surface area contributed by atoms with Crippen LogP contribution < -0.4 is 5.32 Å². The summed E-state index contributed by atoms with van der Waals surface area (Å²) in [4.78, 5) is 10.6. The van der Waals surface area contributed by atoms with Crippen LogP contribution in [0.2, 0.25) is 0 Å². The molecular weight excluding hydrogens is 194 g/mol. The van der Waals surface area contributed by atoms with Crippen LogP contribution >= 0.6 is 0 Å². The Morgan fingerprint density at radius 1 is 1.53 bits per heavy atom.